The first-order valence-corrected chi connectivity index (χ1v) is 13.0. The summed E-state index contributed by atoms with van der Waals surface area (Å²) >= 11 is 3.01. The molecule has 2 aromatic carbocycles. The third-order valence-corrected chi connectivity index (χ3v) is 8.31. The first kappa shape index (κ1) is 21.1. The molecule has 34 heavy (non-hydrogen) atoms. The first-order valence-electron chi connectivity index (χ1n) is 11.3. The lowest BCUT2D eigenvalue weighted by molar-refractivity contribution is -0.116. The number of ketones is 1. The maximum atomic E-state index is 13.9. The molecule has 3 heterocycles. The van der Waals surface area contributed by atoms with E-state index in [4.69, 9.17) is 0 Å². The number of carbonyl (C=O) groups excluding carboxylic acids is 2. The fourth-order valence-electron chi connectivity index (χ4n) is 5.01. The number of fused-ring (bicyclic) bond motifs is 1. The Morgan fingerprint density at radius 3 is 2.38 bits per heavy atom. The van der Waals surface area contributed by atoms with Crippen molar-refractivity contribution in [2.45, 2.75) is 24.8 Å². The van der Waals surface area contributed by atoms with Gasteiger partial charge in [0.1, 0.15) is 6.04 Å². The van der Waals surface area contributed by atoms with E-state index in [1.165, 1.54) is 16.9 Å². The molecule has 0 fully saturated rings. The Morgan fingerprint density at radius 1 is 0.853 bits per heavy atom. The second-order valence-corrected chi connectivity index (χ2v) is 10.5. The van der Waals surface area contributed by atoms with E-state index in [2.05, 4.69) is 17.4 Å². The Labute approximate surface area is 206 Å². The zero-order valence-corrected chi connectivity index (χ0v) is 19.9. The molecule has 0 spiro atoms. The van der Waals surface area contributed by atoms with Crippen LogP contribution < -0.4 is 10.2 Å². The lowest BCUT2D eigenvalue weighted by Crippen LogP contribution is -2.37. The molecule has 0 unspecified atom stereocenters. The quantitative estimate of drug-likeness (QED) is 0.341. The van der Waals surface area contributed by atoms with Gasteiger partial charge in [0.15, 0.2) is 5.78 Å². The molecule has 4 nitrogen and oxygen atoms in total. The van der Waals surface area contributed by atoms with Crippen LogP contribution >= 0.6 is 22.7 Å². The highest BCUT2D eigenvalue weighted by molar-refractivity contribution is 7.12. The van der Waals surface area contributed by atoms with Gasteiger partial charge >= 0.3 is 0 Å². The van der Waals surface area contributed by atoms with Gasteiger partial charge in [-0.3, -0.25) is 14.5 Å². The zero-order chi connectivity index (χ0) is 23.1. The molecule has 1 aliphatic carbocycles. The van der Waals surface area contributed by atoms with Gasteiger partial charge in [0.2, 0.25) is 0 Å². The van der Waals surface area contributed by atoms with Crippen molar-refractivity contribution in [1.29, 1.82) is 0 Å². The number of amides is 1. The maximum absolute atomic E-state index is 13.9. The average Bonchev–Trinajstić information content (AvgIpc) is 3.57. The van der Waals surface area contributed by atoms with E-state index in [0.717, 1.165) is 28.4 Å². The number of nitrogens with one attached hydrogen (secondary N) is 1. The van der Waals surface area contributed by atoms with Crippen molar-refractivity contribution in [2.75, 3.05) is 10.2 Å². The molecule has 1 N–H and O–H groups in total. The van der Waals surface area contributed by atoms with Crippen LogP contribution in [0.4, 0.5) is 11.4 Å². The summed E-state index contributed by atoms with van der Waals surface area (Å²) in [5, 5.41) is 7.51. The number of benzene rings is 2. The summed E-state index contributed by atoms with van der Waals surface area (Å²) in [5.74, 6) is 0.114. The van der Waals surface area contributed by atoms with Gasteiger partial charge in [0.25, 0.3) is 5.91 Å². The van der Waals surface area contributed by atoms with E-state index in [1.54, 1.807) is 11.3 Å². The molecule has 4 aromatic rings. The SMILES string of the molecule is O=C1C[C@@H](c2ccccc2)CC2=C1[C@H](c1cccs1)N(C(=O)c1cccs1)c1ccccc1N2. The van der Waals surface area contributed by atoms with Crippen LogP contribution in [0.3, 0.4) is 0 Å². The molecule has 0 radical (unpaired) electrons. The molecule has 168 valence electrons. The Morgan fingerprint density at radius 2 is 1.62 bits per heavy atom. The summed E-state index contributed by atoms with van der Waals surface area (Å²) in [6, 6.07) is 25.4. The van der Waals surface area contributed by atoms with Crippen LogP contribution in [-0.4, -0.2) is 11.7 Å². The zero-order valence-electron chi connectivity index (χ0n) is 18.3. The average molecular weight is 483 g/mol. The molecule has 6 rings (SSSR count). The molecule has 0 saturated heterocycles. The van der Waals surface area contributed by atoms with Gasteiger partial charge in [-0.25, -0.2) is 0 Å². The van der Waals surface area contributed by atoms with Crippen molar-refractivity contribution in [3.63, 3.8) is 0 Å². The molecule has 0 bridgehead atoms. The van der Waals surface area contributed by atoms with Crippen LogP contribution in [0, 0.1) is 0 Å². The van der Waals surface area contributed by atoms with Crippen molar-refractivity contribution < 1.29 is 9.59 Å². The topological polar surface area (TPSA) is 49.4 Å². The smallest absolute Gasteiger partial charge is 0.269 e. The second kappa shape index (κ2) is 8.70. The van der Waals surface area contributed by atoms with Crippen LogP contribution in [0.15, 0.2) is 101 Å². The number of rotatable bonds is 3. The van der Waals surface area contributed by atoms with E-state index >= 15 is 0 Å². The summed E-state index contributed by atoms with van der Waals surface area (Å²) in [5.41, 5.74) is 4.42. The van der Waals surface area contributed by atoms with Crippen molar-refractivity contribution >= 4 is 45.7 Å². The van der Waals surface area contributed by atoms with Crippen molar-refractivity contribution in [2.24, 2.45) is 0 Å². The molecular formula is C28H22N2O2S2. The summed E-state index contributed by atoms with van der Waals surface area (Å²) in [6.45, 7) is 0. The highest BCUT2D eigenvalue weighted by Crippen LogP contribution is 2.48. The lowest BCUT2D eigenvalue weighted by Gasteiger charge is -2.34. The van der Waals surface area contributed by atoms with E-state index < -0.39 is 6.04 Å². The van der Waals surface area contributed by atoms with Crippen LogP contribution in [0.1, 0.15) is 44.9 Å². The summed E-state index contributed by atoms with van der Waals surface area (Å²) in [6.07, 6.45) is 1.16. The third-order valence-electron chi connectivity index (χ3n) is 6.52. The Kier molecular flexibility index (Phi) is 5.40. The fourth-order valence-corrected chi connectivity index (χ4v) is 6.49. The standard InChI is InChI=1S/C28H22N2O2S2/c31-23-17-19(18-8-2-1-3-9-18)16-21-26(23)27(24-12-6-14-33-24)30(28(32)25-13-7-15-34-25)22-11-5-4-10-20(22)29-21/h1-15,19,27,29H,16-17H2/t19-,27-/m0/s1. The van der Waals surface area contributed by atoms with Gasteiger partial charge in [-0.1, -0.05) is 54.6 Å². The minimum atomic E-state index is -0.468. The molecule has 0 saturated carbocycles. The van der Waals surface area contributed by atoms with Gasteiger partial charge in [-0.2, -0.15) is 0 Å². The summed E-state index contributed by atoms with van der Waals surface area (Å²) in [7, 11) is 0. The number of Topliss-reactive ketones (excluding diaryl/α,β-unsaturated/α-hetero) is 1. The number of allylic oxidation sites excluding steroid dienone is 1. The minimum absolute atomic E-state index is 0.0885. The van der Waals surface area contributed by atoms with E-state index in [0.29, 0.717) is 16.9 Å². The Balaban J connectivity index is 1.55. The molecule has 2 aliphatic rings. The van der Waals surface area contributed by atoms with Gasteiger partial charge < -0.3 is 5.32 Å². The number of nitrogens with zero attached hydrogens (tertiary/aromatic N) is 1. The fraction of sp³-hybridized carbons (Fsp3) is 0.143. The van der Waals surface area contributed by atoms with Crippen molar-refractivity contribution in [3.8, 4) is 0 Å². The summed E-state index contributed by atoms with van der Waals surface area (Å²) < 4.78 is 0. The van der Waals surface area contributed by atoms with Gasteiger partial charge in [-0.15, -0.1) is 22.7 Å². The van der Waals surface area contributed by atoms with Crippen molar-refractivity contribution in [3.05, 3.63) is 116 Å². The molecule has 1 amide bonds. The van der Waals surface area contributed by atoms with Crippen molar-refractivity contribution in [1.82, 2.24) is 0 Å². The number of para-hydroxylation sites is 2. The van der Waals surface area contributed by atoms with Gasteiger partial charge in [0.05, 0.1) is 16.3 Å². The molecule has 2 atom stereocenters. The molecular weight excluding hydrogens is 460 g/mol. The Hall–Kier alpha value is -3.48. The third kappa shape index (κ3) is 3.59. The van der Waals surface area contributed by atoms with Crippen LogP contribution in [-0.2, 0) is 4.79 Å². The van der Waals surface area contributed by atoms with Gasteiger partial charge in [0, 0.05) is 22.6 Å². The van der Waals surface area contributed by atoms with Crippen LogP contribution in [0.5, 0.6) is 0 Å². The normalized spacial score (nSPS) is 19.8. The Bertz CT molecular complexity index is 1380. The minimum Gasteiger partial charge on any atom is -0.357 e. The monoisotopic (exact) mass is 482 g/mol. The van der Waals surface area contributed by atoms with E-state index in [-0.39, 0.29) is 17.6 Å². The van der Waals surface area contributed by atoms with Crippen LogP contribution in [0.2, 0.25) is 0 Å². The number of thiophene rings is 2. The number of hydrogen-bond acceptors (Lipinski definition) is 5. The molecule has 1 aliphatic heterocycles. The highest BCUT2D eigenvalue weighted by atomic mass is 32.1. The highest BCUT2D eigenvalue weighted by Gasteiger charge is 2.42. The predicted molar refractivity (Wildman–Crippen MR) is 139 cm³/mol. The lowest BCUT2D eigenvalue weighted by atomic mass is 9.79. The summed E-state index contributed by atoms with van der Waals surface area (Å²) in [4.78, 5) is 31.2. The number of carbonyl (C=O) groups is 2. The van der Waals surface area contributed by atoms with E-state index in [1.807, 2.05) is 82.4 Å². The van der Waals surface area contributed by atoms with Crippen LogP contribution in [0.25, 0.3) is 0 Å². The van der Waals surface area contributed by atoms with Gasteiger partial charge in [-0.05, 0) is 52.9 Å². The predicted octanol–water partition coefficient (Wildman–Crippen LogP) is 7.02. The number of hydrogen-bond donors (Lipinski definition) is 1. The molecule has 6 heteroatoms. The largest absolute Gasteiger partial charge is 0.357 e. The van der Waals surface area contributed by atoms with E-state index in [9.17, 15) is 9.59 Å². The second-order valence-electron chi connectivity index (χ2n) is 8.54. The maximum Gasteiger partial charge on any atom is 0.269 e. The molecule has 2 aromatic heterocycles. The number of anilines is 2. The first-order chi connectivity index (χ1) is 16.7.